The number of hydrogen-bond acceptors (Lipinski definition) is 4. The first-order chi connectivity index (χ1) is 12.6. The number of carbonyl (C=O) groups excluding carboxylic acids is 1. The van der Waals surface area contributed by atoms with Crippen LogP contribution in [0.4, 0.5) is 0 Å². The van der Waals surface area contributed by atoms with E-state index in [4.69, 9.17) is 0 Å². The molecule has 1 aliphatic heterocycles. The first-order valence-corrected chi connectivity index (χ1v) is 9.42. The molecule has 0 bridgehead atoms. The summed E-state index contributed by atoms with van der Waals surface area (Å²) in [5.74, 6) is 0.0741. The summed E-state index contributed by atoms with van der Waals surface area (Å²) in [5.41, 5.74) is 3.83. The zero-order chi connectivity index (χ0) is 18.1. The van der Waals surface area contributed by atoms with Crippen LogP contribution in [-0.4, -0.2) is 53.1 Å². The predicted molar refractivity (Wildman–Crippen MR) is 101 cm³/mol. The van der Waals surface area contributed by atoms with Crippen molar-refractivity contribution in [1.82, 2.24) is 20.0 Å². The fraction of sp³-hybridized carbons (Fsp3) is 0.476. The van der Waals surface area contributed by atoms with E-state index in [1.807, 2.05) is 4.90 Å². The molecule has 1 unspecified atom stereocenters. The lowest BCUT2D eigenvalue weighted by Gasteiger charge is -2.48. The summed E-state index contributed by atoms with van der Waals surface area (Å²) in [7, 11) is 4.34. The standard InChI is InChI=1S/C21H26N4O/c1-24(2)19-7-9-21(18-6-4-3-5-17(18)19)10-13-25(14-11-21)20(26)16-8-12-22-23-15-16/h3-6,8,12,15,19H,7,9-11,13-14H2,1-2H3. The monoisotopic (exact) mass is 350 g/mol. The third kappa shape index (κ3) is 2.90. The number of aromatic nitrogens is 2. The van der Waals surface area contributed by atoms with Gasteiger partial charge in [-0.1, -0.05) is 24.3 Å². The molecule has 1 spiro atoms. The van der Waals surface area contributed by atoms with Gasteiger partial charge in [0.25, 0.3) is 5.91 Å². The highest BCUT2D eigenvalue weighted by Gasteiger charge is 2.42. The summed E-state index contributed by atoms with van der Waals surface area (Å²) in [5, 5.41) is 7.60. The van der Waals surface area contributed by atoms with Gasteiger partial charge in [-0.05, 0) is 62.4 Å². The van der Waals surface area contributed by atoms with E-state index < -0.39 is 0 Å². The quantitative estimate of drug-likeness (QED) is 0.835. The molecular weight excluding hydrogens is 324 g/mol. The highest BCUT2D eigenvalue weighted by Crippen LogP contribution is 2.49. The van der Waals surface area contributed by atoms with Crippen molar-refractivity contribution in [2.24, 2.45) is 0 Å². The van der Waals surface area contributed by atoms with Crippen molar-refractivity contribution in [1.29, 1.82) is 0 Å². The molecule has 5 nitrogen and oxygen atoms in total. The molecule has 0 saturated carbocycles. The molecule has 0 N–H and O–H groups in total. The number of piperidine rings is 1. The average Bonchev–Trinajstić information content (AvgIpc) is 2.69. The van der Waals surface area contributed by atoms with E-state index in [9.17, 15) is 4.79 Å². The summed E-state index contributed by atoms with van der Waals surface area (Å²) in [6, 6.07) is 11.2. The Morgan fingerprint density at radius 2 is 1.88 bits per heavy atom. The number of rotatable bonds is 2. The second-order valence-electron chi connectivity index (χ2n) is 7.81. The molecule has 1 fully saturated rings. The Morgan fingerprint density at radius 1 is 1.12 bits per heavy atom. The Kier molecular flexibility index (Phi) is 4.49. The Hall–Kier alpha value is -2.27. The van der Waals surface area contributed by atoms with Crippen LogP contribution in [0.15, 0.2) is 42.7 Å². The summed E-state index contributed by atoms with van der Waals surface area (Å²) in [6.45, 7) is 1.62. The first kappa shape index (κ1) is 17.2. The van der Waals surface area contributed by atoms with Crippen molar-refractivity contribution in [3.05, 3.63) is 59.4 Å². The van der Waals surface area contributed by atoms with Gasteiger partial charge in [-0.25, -0.2) is 0 Å². The minimum Gasteiger partial charge on any atom is -0.339 e. The predicted octanol–water partition coefficient (Wildman–Crippen LogP) is 3.05. The number of fused-ring (bicyclic) bond motifs is 2. The van der Waals surface area contributed by atoms with Crippen LogP contribution >= 0.6 is 0 Å². The van der Waals surface area contributed by atoms with E-state index in [-0.39, 0.29) is 11.3 Å². The molecule has 2 aromatic rings. The molecule has 1 aromatic carbocycles. The maximum absolute atomic E-state index is 12.7. The topological polar surface area (TPSA) is 49.3 Å². The first-order valence-electron chi connectivity index (χ1n) is 9.42. The molecule has 0 radical (unpaired) electrons. The normalized spacial score (nSPS) is 21.7. The highest BCUT2D eigenvalue weighted by molar-refractivity contribution is 5.93. The van der Waals surface area contributed by atoms with Crippen LogP contribution in [0.1, 0.15) is 53.2 Å². The number of likely N-dealkylation sites (tertiary alicyclic amines) is 1. The number of nitrogens with zero attached hydrogens (tertiary/aromatic N) is 4. The fourth-order valence-corrected chi connectivity index (χ4v) is 4.77. The van der Waals surface area contributed by atoms with Crippen molar-refractivity contribution in [2.75, 3.05) is 27.2 Å². The summed E-state index contributed by atoms with van der Waals surface area (Å²) in [6.07, 6.45) is 7.60. The van der Waals surface area contributed by atoms with Gasteiger partial charge in [-0.3, -0.25) is 4.79 Å². The van der Waals surface area contributed by atoms with Crippen LogP contribution in [0.25, 0.3) is 0 Å². The fourth-order valence-electron chi connectivity index (χ4n) is 4.77. The van der Waals surface area contributed by atoms with Crippen molar-refractivity contribution in [3.63, 3.8) is 0 Å². The number of amides is 1. The molecule has 2 aliphatic rings. The van der Waals surface area contributed by atoms with Crippen molar-refractivity contribution in [3.8, 4) is 0 Å². The van der Waals surface area contributed by atoms with E-state index in [0.717, 1.165) is 25.9 Å². The molecule has 1 aromatic heterocycles. The van der Waals surface area contributed by atoms with Gasteiger partial charge >= 0.3 is 0 Å². The van der Waals surface area contributed by atoms with Crippen molar-refractivity contribution < 1.29 is 4.79 Å². The lowest BCUT2D eigenvalue weighted by atomic mass is 9.63. The molecule has 1 atom stereocenters. The average molecular weight is 350 g/mol. The van der Waals surface area contributed by atoms with E-state index in [2.05, 4.69) is 53.5 Å². The van der Waals surface area contributed by atoms with Crippen LogP contribution in [0.5, 0.6) is 0 Å². The van der Waals surface area contributed by atoms with Crippen molar-refractivity contribution >= 4 is 5.91 Å². The number of benzene rings is 1. The lowest BCUT2D eigenvalue weighted by Crippen LogP contribution is -2.47. The largest absolute Gasteiger partial charge is 0.339 e. The molecule has 1 amide bonds. The SMILES string of the molecule is CN(C)C1CCC2(CCN(C(=O)c3ccnnc3)CC2)c2ccccc21. The molecule has 4 rings (SSSR count). The van der Waals surface area contributed by atoms with Gasteiger partial charge in [0, 0.05) is 19.1 Å². The van der Waals surface area contributed by atoms with E-state index >= 15 is 0 Å². The third-order valence-electron chi connectivity index (χ3n) is 6.25. The van der Waals surface area contributed by atoms with Gasteiger partial charge in [0.2, 0.25) is 0 Å². The van der Waals surface area contributed by atoms with Gasteiger partial charge < -0.3 is 9.80 Å². The second kappa shape index (κ2) is 6.80. The van der Waals surface area contributed by atoms with Crippen LogP contribution in [0.3, 0.4) is 0 Å². The molecule has 1 saturated heterocycles. The minimum absolute atomic E-state index is 0.0741. The Morgan fingerprint density at radius 3 is 2.58 bits per heavy atom. The summed E-state index contributed by atoms with van der Waals surface area (Å²) >= 11 is 0. The second-order valence-corrected chi connectivity index (χ2v) is 7.81. The lowest BCUT2D eigenvalue weighted by molar-refractivity contribution is 0.0637. The van der Waals surface area contributed by atoms with E-state index in [1.165, 1.54) is 24.0 Å². The van der Waals surface area contributed by atoms with E-state index in [1.54, 1.807) is 18.5 Å². The Bertz CT molecular complexity index is 782. The molecule has 1 aliphatic carbocycles. The zero-order valence-corrected chi connectivity index (χ0v) is 15.6. The molecule has 5 heteroatoms. The van der Waals surface area contributed by atoms with E-state index in [0.29, 0.717) is 11.6 Å². The summed E-state index contributed by atoms with van der Waals surface area (Å²) in [4.78, 5) is 17.0. The van der Waals surface area contributed by atoms with Gasteiger partial charge in [0.15, 0.2) is 0 Å². The highest BCUT2D eigenvalue weighted by atomic mass is 16.2. The smallest absolute Gasteiger partial charge is 0.255 e. The molecular formula is C21H26N4O. The van der Waals surface area contributed by atoms with Crippen LogP contribution in [-0.2, 0) is 5.41 Å². The maximum Gasteiger partial charge on any atom is 0.255 e. The van der Waals surface area contributed by atoms with Crippen LogP contribution in [0, 0.1) is 0 Å². The minimum atomic E-state index is 0.0741. The summed E-state index contributed by atoms with van der Waals surface area (Å²) < 4.78 is 0. The van der Waals surface area contributed by atoms with Gasteiger partial charge in [0.05, 0.1) is 18.0 Å². The third-order valence-corrected chi connectivity index (χ3v) is 6.25. The van der Waals surface area contributed by atoms with Gasteiger partial charge in [-0.15, -0.1) is 0 Å². The number of hydrogen-bond donors (Lipinski definition) is 0. The van der Waals surface area contributed by atoms with Crippen molar-refractivity contribution in [2.45, 2.75) is 37.1 Å². The molecule has 26 heavy (non-hydrogen) atoms. The van der Waals surface area contributed by atoms with Gasteiger partial charge in [0.1, 0.15) is 0 Å². The number of carbonyl (C=O) groups is 1. The maximum atomic E-state index is 12.7. The van der Waals surface area contributed by atoms with Gasteiger partial charge in [-0.2, -0.15) is 10.2 Å². The Balaban J connectivity index is 1.55. The zero-order valence-electron chi connectivity index (χ0n) is 15.6. The van der Waals surface area contributed by atoms with Crippen LogP contribution < -0.4 is 0 Å². The molecule has 2 heterocycles. The van der Waals surface area contributed by atoms with Crippen LogP contribution in [0.2, 0.25) is 0 Å². The Labute approximate surface area is 155 Å². The molecule has 136 valence electrons.